The Kier molecular flexibility index (Phi) is 2.18. The predicted octanol–water partition coefficient (Wildman–Crippen LogP) is 2.39. The summed E-state index contributed by atoms with van der Waals surface area (Å²) in [5.41, 5.74) is 2.08. The number of rotatable bonds is 4. The number of epoxide rings is 1. The van der Waals surface area contributed by atoms with Crippen LogP contribution in [0.4, 0.5) is 0 Å². The summed E-state index contributed by atoms with van der Waals surface area (Å²) in [7, 11) is 0. The zero-order chi connectivity index (χ0) is 10.5. The zero-order valence-corrected chi connectivity index (χ0v) is 9.66. The van der Waals surface area contributed by atoms with E-state index >= 15 is 0 Å². The third-order valence-corrected chi connectivity index (χ3v) is 4.56. The van der Waals surface area contributed by atoms with Gasteiger partial charge in [-0.3, -0.25) is 0 Å². The van der Waals surface area contributed by atoms with Crippen LogP contribution in [0.2, 0.25) is 0 Å². The molecule has 0 aromatic carbocycles. The van der Waals surface area contributed by atoms with Crippen molar-refractivity contribution in [3.05, 3.63) is 11.6 Å². The first-order valence-corrected chi connectivity index (χ1v) is 6.06. The highest BCUT2D eigenvalue weighted by atomic mass is 16.6. The SMILES string of the molecule is CC1(C)[C@H]2CC=C(COC[C@@H]3CO3)[C@H]1C2. The summed E-state index contributed by atoms with van der Waals surface area (Å²) < 4.78 is 10.8. The van der Waals surface area contributed by atoms with Gasteiger partial charge in [0.2, 0.25) is 0 Å². The molecule has 3 aliphatic carbocycles. The van der Waals surface area contributed by atoms with Gasteiger partial charge in [0.15, 0.2) is 0 Å². The van der Waals surface area contributed by atoms with Gasteiger partial charge in [-0.2, -0.15) is 0 Å². The van der Waals surface area contributed by atoms with Crippen molar-refractivity contribution in [3.8, 4) is 0 Å². The molecule has 0 unspecified atom stereocenters. The summed E-state index contributed by atoms with van der Waals surface area (Å²) in [6.07, 6.45) is 5.47. The Hall–Kier alpha value is -0.340. The van der Waals surface area contributed by atoms with E-state index in [-0.39, 0.29) is 0 Å². The highest BCUT2D eigenvalue weighted by Gasteiger charge is 2.50. The lowest BCUT2D eigenvalue weighted by molar-refractivity contribution is -0.0180. The molecule has 0 N–H and O–H groups in total. The molecule has 0 radical (unpaired) electrons. The van der Waals surface area contributed by atoms with Crippen molar-refractivity contribution in [2.24, 2.45) is 17.3 Å². The molecule has 2 bridgehead atoms. The second-order valence-corrected chi connectivity index (χ2v) is 5.79. The third-order valence-electron chi connectivity index (χ3n) is 4.56. The van der Waals surface area contributed by atoms with Crippen molar-refractivity contribution in [1.82, 2.24) is 0 Å². The predicted molar refractivity (Wildman–Crippen MR) is 58.6 cm³/mol. The Bertz CT molecular complexity index is 289. The topological polar surface area (TPSA) is 21.8 Å². The smallest absolute Gasteiger partial charge is 0.104 e. The Morgan fingerprint density at radius 1 is 1.53 bits per heavy atom. The number of hydrogen-bond donors (Lipinski definition) is 0. The molecule has 1 saturated heterocycles. The van der Waals surface area contributed by atoms with Gasteiger partial charge < -0.3 is 9.47 Å². The molecule has 2 nitrogen and oxygen atoms in total. The molecule has 15 heavy (non-hydrogen) atoms. The van der Waals surface area contributed by atoms with Gasteiger partial charge in [-0.05, 0) is 35.7 Å². The molecule has 0 aromatic rings. The average molecular weight is 208 g/mol. The van der Waals surface area contributed by atoms with Crippen molar-refractivity contribution < 1.29 is 9.47 Å². The van der Waals surface area contributed by atoms with Crippen LogP contribution in [-0.2, 0) is 9.47 Å². The number of fused-ring (bicyclic) bond motifs is 1. The highest BCUT2D eigenvalue weighted by molar-refractivity contribution is 5.23. The van der Waals surface area contributed by atoms with Gasteiger partial charge in [0.1, 0.15) is 6.10 Å². The molecule has 0 amide bonds. The molecule has 2 fully saturated rings. The van der Waals surface area contributed by atoms with Crippen LogP contribution in [0.3, 0.4) is 0 Å². The summed E-state index contributed by atoms with van der Waals surface area (Å²) >= 11 is 0. The Balaban J connectivity index is 1.54. The fourth-order valence-corrected chi connectivity index (χ4v) is 3.11. The summed E-state index contributed by atoms with van der Waals surface area (Å²) in [6, 6.07) is 0. The van der Waals surface area contributed by atoms with Gasteiger partial charge >= 0.3 is 0 Å². The van der Waals surface area contributed by atoms with Gasteiger partial charge in [-0.1, -0.05) is 19.9 Å². The van der Waals surface area contributed by atoms with Crippen LogP contribution < -0.4 is 0 Å². The second-order valence-electron chi connectivity index (χ2n) is 5.79. The van der Waals surface area contributed by atoms with E-state index in [1.54, 1.807) is 5.57 Å². The molecule has 0 spiro atoms. The van der Waals surface area contributed by atoms with Crippen LogP contribution >= 0.6 is 0 Å². The van der Waals surface area contributed by atoms with Crippen LogP contribution in [0.5, 0.6) is 0 Å². The van der Waals surface area contributed by atoms with Crippen LogP contribution in [0.1, 0.15) is 26.7 Å². The lowest BCUT2D eigenvalue weighted by Crippen LogP contribution is -2.48. The molecule has 84 valence electrons. The average Bonchev–Trinajstić information content (AvgIpc) is 3.02. The van der Waals surface area contributed by atoms with Crippen molar-refractivity contribution in [3.63, 3.8) is 0 Å². The molecule has 4 aliphatic rings. The van der Waals surface area contributed by atoms with E-state index in [0.29, 0.717) is 11.5 Å². The summed E-state index contributed by atoms with van der Waals surface area (Å²) in [6.45, 7) is 7.33. The van der Waals surface area contributed by atoms with Crippen LogP contribution in [0.15, 0.2) is 11.6 Å². The Morgan fingerprint density at radius 2 is 2.33 bits per heavy atom. The molecular formula is C13H20O2. The zero-order valence-electron chi connectivity index (χ0n) is 9.66. The van der Waals surface area contributed by atoms with E-state index in [4.69, 9.17) is 9.47 Å². The quantitative estimate of drug-likeness (QED) is 0.522. The maximum Gasteiger partial charge on any atom is 0.104 e. The first kappa shape index (κ1) is 9.86. The lowest BCUT2D eigenvalue weighted by atomic mass is 9.49. The highest BCUT2D eigenvalue weighted by Crippen LogP contribution is 2.59. The molecular weight excluding hydrogens is 188 g/mol. The number of hydrogen-bond acceptors (Lipinski definition) is 2. The van der Waals surface area contributed by atoms with Crippen LogP contribution in [0, 0.1) is 17.3 Å². The minimum absolute atomic E-state index is 0.399. The van der Waals surface area contributed by atoms with Crippen molar-refractivity contribution in [2.75, 3.05) is 19.8 Å². The van der Waals surface area contributed by atoms with Gasteiger partial charge in [-0.25, -0.2) is 0 Å². The Labute approximate surface area is 91.6 Å². The second kappa shape index (κ2) is 3.33. The maximum atomic E-state index is 5.69. The first-order chi connectivity index (χ1) is 7.18. The minimum atomic E-state index is 0.399. The van der Waals surface area contributed by atoms with E-state index in [2.05, 4.69) is 19.9 Å². The fraction of sp³-hybridized carbons (Fsp3) is 0.846. The fourth-order valence-electron chi connectivity index (χ4n) is 3.11. The first-order valence-electron chi connectivity index (χ1n) is 6.06. The largest absolute Gasteiger partial charge is 0.374 e. The summed E-state index contributed by atoms with van der Waals surface area (Å²) in [4.78, 5) is 0. The number of allylic oxidation sites excluding steroid dienone is 1. The molecule has 2 heteroatoms. The maximum absolute atomic E-state index is 5.69. The molecule has 3 atom stereocenters. The number of ether oxygens (including phenoxy) is 2. The molecule has 1 saturated carbocycles. The summed E-state index contributed by atoms with van der Waals surface area (Å²) in [5, 5.41) is 0. The van der Waals surface area contributed by atoms with Crippen LogP contribution in [-0.4, -0.2) is 25.9 Å². The van der Waals surface area contributed by atoms with Crippen molar-refractivity contribution >= 4 is 0 Å². The van der Waals surface area contributed by atoms with E-state index < -0.39 is 0 Å². The van der Waals surface area contributed by atoms with Gasteiger partial charge in [0.05, 0.1) is 19.8 Å². The molecule has 1 aliphatic heterocycles. The van der Waals surface area contributed by atoms with Gasteiger partial charge in [0, 0.05) is 0 Å². The van der Waals surface area contributed by atoms with Crippen LogP contribution in [0.25, 0.3) is 0 Å². The minimum Gasteiger partial charge on any atom is -0.374 e. The van der Waals surface area contributed by atoms with Gasteiger partial charge in [0.25, 0.3) is 0 Å². The van der Waals surface area contributed by atoms with Gasteiger partial charge in [-0.15, -0.1) is 0 Å². The van der Waals surface area contributed by atoms with Crippen molar-refractivity contribution in [1.29, 1.82) is 0 Å². The third kappa shape index (κ3) is 1.64. The van der Waals surface area contributed by atoms with E-state index in [9.17, 15) is 0 Å². The summed E-state index contributed by atoms with van der Waals surface area (Å²) in [5.74, 6) is 1.72. The Morgan fingerprint density at radius 3 is 2.93 bits per heavy atom. The van der Waals surface area contributed by atoms with Crippen molar-refractivity contribution in [2.45, 2.75) is 32.8 Å². The molecule has 0 aromatic heterocycles. The molecule has 4 rings (SSSR count). The standard InChI is InChI=1S/C13H20O2/c1-13(2)10-4-3-9(12(13)5-10)6-14-7-11-8-15-11/h3,10-12H,4-8H2,1-2H3/t10-,11+,12+/m0/s1. The normalized spacial score (nSPS) is 40.7. The van der Waals surface area contributed by atoms with E-state index in [1.165, 1.54) is 12.8 Å². The molecule has 1 heterocycles. The monoisotopic (exact) mass is 208 g/mol. The van der Waals surface area contributed by atoms with E-state index in [1.807, 2.05) is 0 Å². The van der Waals surface area contributed by atoms with E-state index in [0.717, 1.165) is 31.7 Å². The lowest BCUT2D eigenvalue weighted by Gasteiger charge is -2.56.